The van der Waals surface area contributed by atoms with Gasteiger partial charge in [-0.2, -0.15) is 0 Å². The zero-order valence-electron chi connectivity index (χ0n) is 12.9. The van der Waals surface area contributed by atoms with Crippen molar-refractivity contribution in [2.75, 3.05) is 13.1 Å². The van der Waals surface area contributed by atoms with Gasteiger partial charge in [-0.05, 0) is 24.3 Å². The SMILES string of the molecule is CC(C)C(SCc1ccccc1)C(=O)N1CCCC(O)C1. The molecule has 0 spiro atoms. The van der Waals surface area contributed by atoms with E-state index in [1.807, 2.05) is 23.1 Å². The molecule has 2 atom stereocenters. The van der Waals surface area contributed by atoms with E-state index in [9.17, 15) is 9.90 Å². The highest BCUT2D eigenvalue weighted by Gasteiger charge is 2.30. The second kappa shape index (κ2) is 7.85. The highest BCUT2D eigenvalue weighted by molar-refractivity contribution is 7.99. The maximum atomic E-state index is 12.7. The Hall–Kier alpha value is -1.00. The molecule has 0 aromatic heterocycles. The molecule has 1 fully saturated rings. The number of benzene rings is 1. The fourth-order valence-electron chi connectivity index (χ4n) is 2.64. The van der Waals surface area contributed by atoms with E-state index in [4.69, 9.17) is 0 Å². The number of likely N-dealkylation sites (tertiary alicyclic amines) is 1. The smallest absolute Gasteiger partial charge is 0.236 e. The molecule has 1 aliphatic heterocycles. The molecule has 116 valence electrons. The summed E-state index contributed by atoms with van der Waals surface area (Å²) >= 11 is 1.71. The number of hydrogen-bond acceptors (Lipinski definition) is 3. The lowest BCUT2D eigenvalue weighted by atomic mass is 10.1. The highest BCUT2D eigenvalue weighted by Crippen LogP contribution is 2.26. The van der Waals surface area contributed by atoms with Gasteiger partial charge >= 0.3 is 0 Å². The van der Waals surface area contributed by atoms with Gasteiger partial charge < -0.3 is 10.0 Å². The highest BCUT2D eigenvalue weighted by atomic mass is 32.2. The van der Waals surface area contributed by atoms with Crippen LogP contribution in [-0.4, -0.2) is 40.4 Å². The molecule has 3 nitrogen and oxygen atoms in total. The van der Waals surface area contributed by atoms with E-state index < -0.39 is 0 Å². The Morgan fingerprint density at radius 1 is 1.38 bits per heavy atom. The van der Waals surface area contributed by atoms with Gasteiger partial charge in [0.15, 0.2) is 0 Å². The summed E-state index contributed by atoms with van der Waals surface area (Å²) < 4.78 is 0. The fraction of sp³-hybridized carbons (Fsp3) is 0.588. The molecule has 1 N–H and O–H groups in total. The molecule has 0 bridgehead atoms. The zero-order valence-corrected chi connectivity index (χ0v) is 13.7. The molecule has 21 heavy (non-hydrogen) atoms. The Balaban J connectivity index is 1.96. The first-order valence-corrected chi connectivity index (χ1v) is 8.75. The summed E-state index contributed by atoms with van der Waals surface area (Å²) in [5.41, 5.74) is 1.25. The van der Waals surface area contributed by atoms with E-state index in [1.165, 1.54) is 5.56 Å². The van der Waals surface area contributed by atoms with Crippen molar-refractivity contribution in [3.05, 3.63) is 35.9 Å². The molecule has 1 heterocycles. The number of nitrogens with zero attached hydrogens (tertiary/aromatic N) is 1. The molecular formula is C17H25NO2S. The Morgan fingerprint density at radius 2 is 2.10 bits per heavy atom. The molecule has 2 rings (SSSR count). The Kier molecular flexibility index (Phi) is 6.12. The molecule has 1 amide bonds. The van der Waals surface area contributed by atoms with Crippen molar-refractivity contribution in [1.29, 1.82) is 0 Å². The number of amides is 1. The van der Waals surface area contributed by atoms with Crippen molar-refractivity contribution < 1.29 is 9.90 Å². The van der Waals surface area contributed by atoms with Gasteiger partial charge in [0.1, 0.15) is 0 Å². The van der Waals surface area contributed by atoms with E-state index in [2.05, 4.69) is 26.0 Å². The molecule has 1 aromatic carbocycles. The number of thioether (sulfide) groups is 1. The second-order valence-electron chi connectivity index (χ2n) is 6.04. The monoisotopic (exact) mass is 307 g/mol. The van der Waals surface area contributed by atoms with Crippen LogP contribution < -0.4 is 0 Å². The van der Waals surface area contributed by atoms with Gasteiger partial charge in [-0.15, -0.1) is 11.8 Å². The summed E-state index contributed by atoms with van der Waals surface area (Å²) in [6.07, 6.45) is 1.36. The summed E-state index contributed by atoms with van der Waals surface area (Å²) in [5, 5.41) is 9.72. The molecule has 0 aliphatic carbocycles. The lowest BCUT2D eigenvalue weighted by Crippen LogP contribution is -2.47. The minimum Gasteiger partial charge on any atom is -0.391 e. The number of hydrogen-bond donors (Lipinski definition) is 1. The van der Waals surface area contributed by atoms with Crippen LogP contribution in [0.1, 0.15) is 32.3 Å². The third-order valence-corrected chi connectivity index (χ3v) is 5.43. The Bertz CT molecular complexity index is 449. The topological polar surface area (TPSA) is 40.5 Å². The van der Waals surface area contributed by atoms with Crippen molar-refractivity contribution >= 4 is 17.7 Å². The largest absolute Gasteiger partial charge is 0.391 e. The maximum absolute atomic E-state index is 12.7. The van der Waals surface area contributed by atoms with Gasteiger partial charge in [-0.25, -0.2) is 0 Å². The summed E-state index contributed by atoms with van der Waals surface area (Å²) in [6, 6.07) is 10.3. The van der Waals surface area contributed by atoms with Crippen LogP contribution >= 0.6 is 11.8 Å². The molecule has 1 aliphatic rings. The van der Waals surface area contributed by atoms with E-state index in [1.54, 1.807) is 11.8 Å². The number of aliphatic hydroxyl groups is 1. The number of carbonyl (C=O) groups is 1. The summed E-state index contributed by atoms with van der Waals surface area (Å²) in [6.45, 7) is 5.47. The summed E-state index contributed by atoms with van der Waals surface area (Å²) in [5.74, 6) is 1.33. The summed E-state index contributed by atoms with van der Waals surface area (Å²) in [7, 11) is 0. The Morgan fingerprint density at radius 3 is 2.71 bits per heavy atom. The van der Waals surface area contributed by atoms with E-state index in [0.29, 0.717) is 12.5 Å². The van der Waals surface area contributed by atoms with Gasteiger partial charge in [0, 0.05) is 18.8 Å². The quantitative estimate of drug-likeness (QED) is 0.909. The van der Waals surface area contributed by atoms with Gasteiger partial charge in [-0.3, -0.25) is 4.79 Å². The van der Waals surface area contributed by atoms with E-state index in [0.717, 1.165) is 25.1 Å². The molecular weight excluding hydrogens is 282 g/mol. The number of piperidine rings is 1. The van der Waals surface area contributed by atoms with Gasteiger partial charge in [0.05, 0.1) is 11.4 Å². The lowest BCUT2D eigenvalue weighted by molar-refractivity contribution is -0.134. The van der Waals surface area contributed by atoms with Crippen LogP contribution in [0.25, 0.3) is 0 Å². The predicted molar refractivity (Wildman–Crippen MR) is 88.2 cm³/mol. The van der Waals surface area contributed by atoms with E-state index in [-0.39, 0.29) is 17.3 Å². The van der Waals surface area contributed by atoms with Crippen molar-refractivity contribution in [3.63, 3.8) is 0 Å². The van der Waals surface area contributed by atoms with Gasteiger partial charge in [0.25, 0.3) is 0 Å². The molecule has 1 saturated heterocycles. The third-order valence-electron chi connectivity index (χ3n) is 3.83. The van der Waals surface area contributed by atoms with Gasteiger partial charge in [0.2, 0.25) is 5.91 Å². The molecule has 0 radical (unpaired) electrons. The second-order valence-corrected chi connectivity index (χ2v) is 7.17. The van der Waals surface area contributed by atoms with Crippen molar-refractivity contribution in [2.45, 2.75) is 43.8 Å². The van der Waals surface area contributed by atoms with Crippen LogP contribution in [0.2, 0.25) is 0 Å². The van der Waals surface area contributed by atoms with Crippen LogP contribution in [0.3, 0.4) is 0 Å². The first kappa shape index (κ1) is 16.4. The van der Waals surface area contributed by atoms with Crippen LogP contribution in [0.15, 0.2) is 30.3 Å². The lowest BCUT2D eigenvalue weighted by Gasteiger charge is -2.34. The molecule has 1 aromatic rings. The van der Waals surface area contributed by atoms with Crippen LogP contribution in [-0.2, 0) is 10.5 Å². The molecule has 0 saturated carbocycles. The van der Waals surface area contributed by atoms with Crippen LogP contribution in [0.4, 0.5) is 0 Å². The average molecular weight is 307 g/mol. The van der Waals surface area contributed by atoms with E-state index >= 15 is 0 Å². The molecule has 2 unspecified atom stereocenters. The summed E-state index contributed by atoms with van der Waals surface area (Å²) in [4.78, 5) is 14.5. The van der Waals surface area contributed by atoms with Crippen molar-refractivity contribution in [3.8, 4) is 0 Å². The predicted octanol–water partition coefficient (Wildman–Crippen LogP) is 2.93. The Labute approximate surface area is 131 Å². The third kappa shape index (κ3) is 4.75. The number of β-amino-alcohol motifs (C(OH)–C–C–N with tert-alkyl or cyclic N) is 1. The normalized spacial score (nSPS) is 20.6. The zero-order chi connectivity index (χ0) is 15.2. The average Bonchev–Trinajstić information content (AvgIpc) is 2.48. The first-order valence-electron chi connectivity index (χ1n) is 7.70. The van der Waals surface area contributed by atoms with Crippen LogP contribution in [0, 0.1) is 5.92 Å². The van der Waals surface area contributed by atoms with Gasteiger partial charge in [-0.1, -0.05) is 44.2 Å². The fourth-order valence-corrected chi connectivity index (χ4v) is 3.88. The number of carbonyl (C=O) groups excluding carboxylic acids is 1. The number of aliphatic hydroxyl groups excluding tert-OH is 1. The van der Waals surface area contributed by atoms with Crippen LogP contribution in [0.5, 0.6) is 0 Å². The minimum absolute atomic E-state index is 0.0319. The number of rotatable bonds is 5. The molecule has 4 heteroatoms. The minimum atomic E-state index is -0.352. The van der Waals surface area contributed by atoms with Crippen molar-refractivity contribution in [2.24, 2.45) is 5.92 Å². The first-order chi connectivity index (χ1) is 10.1. The standard InChI is InChI=1S/C17H25NO2S/c1-13(2)16(21-12-14-7-4-3-5-8-14)17(20)18-10-6-9-15(19)11-18/h3-5,7-8,13,15-16,19H,6,9-12H2,1-2H3. The van der Waals surface area contributed by atoms with Crippen molar-refractivity contribution in [1.82, 2.24) is 4.90 Å². The maximum Gasteiger partial charge on any atom is 0.236 e.